The smallest absolute Gasteiger partial charge is 0.264 e. The van der Waals surface area contributed by atoms with Crippen molar-refractivity contribution in [3.8, 4) is 0 Å². The standard InChI is InChI=1S/C16H18F2N2O3S/c1-23-16(9-3-2-6-24-8-9)13-11(5-4-10(17)14(13)18)20(15(16)22)7-12(19)21/h4-5,9H,2-3,6-8H2,1H3,(H2,19,21)/t9?,16-/m1/s1. The first-order chi connectivity index (χ1) is 11.4. The van der Waals surface area contributed by atoms with Crippen LogP contribution < -0.4 is 10.6 Å². The molecule has 3 rings (SSSR count). The third kappa shape index (κ3) is 2.39. The molecule has 0 aliphatic carbocycles. The van der Waals surface area contributed by atoms with Crippen LogP contribution in [0, 0.1) is 17.6 Å². The zero-order valence-corrected chi connectivity index (χ0v) is 14.0. The van der Waals surface area contributed by atoms with Crippen molar-refractivity contribution < 1.29 is 23.1 Å². The van der Waals surface area contributed by atoms with Gasteiger partial charge in [-0.25, -0.2) is 8.78 Å². The number of amides is 2. The van der Waals surface area contributed by atoms with Crippen LogP contribution in [0.2, 0.25) is 0 Å². The number of anilines is 1. The van der Waals surface area contributed by atoms with Crippen molar-refractivity contribution in [1.29, 1.82) is 0 Å². The molecule has 2 atom stereocenters. The van der Waals surface area contributed by atoms with E-state index in [2.05, 4.69) is 0 Å². The molecule has 2 N–H and O–H groups in total. The van der Waals surface area contributed by atoms with Crippen LogP contribution in [-0.4, -0.2) is 37.0 Å². The number of benzene rings is 1. The van der Waals surface area contributed by atoms with Gasteiger partial charge >= 0.3 is 0 Å². The van der Waals surface area contributed by atoms with E-state index in [1.165, 1.54) is 13.2 Å². The van der Waals surface area contributed by atoms with Crippen molar-refractivity contribution in [2.24, 2.45) is 11.7 Å². The highest BCUT2D eigenvalue weighted by molar-refractivity contribution is 7.99. The van der Waals surface area contributed by atoms with Crippen LogP contribution in [-0.2, 0) is 19.9 Å². The number of carbonyl (C=O) groups is 2. The number of ether oxygens (including phenoxy) is 1. The molecule has 2 heterocycles. The predicted molar refractivity (Wildman–Crippen MR) is 86.6 cm³/mol. The van der Waals surface area contributed by atoms with Gasteiger partial charge in [-0.2, -0.15) is 11.8 Å². The summed E-state index contributed by atoms with van der Waals surface area (Å²) in [7, 11) is 1.32. The Labute approximate surface area is 142 Å². The number of methoxy groups -OCH3 is 1. The normalized spacial score (nSPS) is 26.5. The summed E-state index contributed by atoms with van der Waals surface area (Å²) in [5.41, 5.74) is 3.63. The second-order valence-corrected chi connectivity index (χ2v) is 7.12. The molecule has 130 valence electrons. The van der Waals surface area contributed by atoms with E-state index in [1.54, 1.807) is 11.8 Å². The van der Waals surface area contributed by atoms with Crippen LogP contribution in [0.25, 0.3) is 0 Å². The number of halogens is 2. The molecule has 1 fully saturated rings. The Bertz CT molecular complexity index is 694. The number of hydrogen-bond donors (Lipinski definition) is 1. The summed E-state index contributed by atoms with van der Waals surface area (Å²) < 4.78 is 34.1. The van der Waals surface area contributed by atoms with Crippen molar-refractivity contribution in [3.05, 3.63) is 29.3 Å². The highest BCUT2D eigenvalue weighted by atomic mass is 32.2. The summed E-state index contributed by atoms with van der Waals surface area (Å²) in [4.78, 5) is 25.6. The van der Waals surface area contributed by atoms with Gasteiger partial charge in [-0.3, -0.25) is 14.5 Å². The van der Waals surface area contributed by atoms with Gasteiger partial charge in [0.1, 0.15) is 6.54 Å². The molecule has 0 bridgehead atoms. The quantitative estimate of drug-likeness (QED) is 0.893. The van der Waals surface area contributed by atoms with Gasteiger partial charge in [0.2, 0.25) is 5.91 Å². The molecule has 8 heteroatoms. The van der Waals surface area contributed by atoms with Crippen molar-refractivity contribution in [1.82, 2.24) is 0 Å². The number of carbonyl (C=O) groups excluding carboxylic acids is 2. The van der Waals surface area contributed by atoms with E-state index in [0.29, 0.717) is 12.2 Å². The van der Waals surface area contributed by atoms with Crippen molar-refractivity contribution in [3.63, 3.8) is 0 Å². The summed E-state index contributed by atoms with van der Waals surface area (Å²) in [5.74, 6) is -2.20. The van der Waals surface area contributed by atoms with Gasteiger partial charge in [0, 0.05) is 13.0 Å². The molecule has 5 nitrogen and oxygen atoms in total. The number of primary amides is 1. The van der Waals surface area contributed by atoms with Crippen LogP contribution >= 0.6 is 11.8 Å². The lowest BCUT2D eigenvalue weighted by molar-refractivity contribution is -0.147. The maximum atomic E-state index is 14.7. The van der Waals surface area contributed by atoms with Gasteiger partial charge in [-0.1, -0.05) is 0 Å². The van der Waals surface area contributed by atoms with Crippen molar-refractivity contribution in [2.75, 3.05) is 30.1 Å². The first-order valence-electron chi connectivity index (χ1n) is 7.65. The number of nitrogens with two attached hydrogens (primary N) is 1. The Morgan fingerprint density at radius 2 is 2.25 bits per heavy atom. The van der Waals surface area contributed by atoms with E-state index in [1.807, 2.05) is 0 Å². The van der Waals surface area contributed by atoms with Crippen molar-refractivity contribution >= 4 is 29.3 Å². The maximum Gasteiger partial charge on any atom is 0.264 e. The first-order valence-corrected chi connectivity index (χ1v) is 8.80. The SMILES string of the molecule is CO[C@@]1(C2CCCSC2)C(=O)N(CC(N)=O)c2ccc(F)c(F)c21. The van der Waals surface area contributed by atoms with Gasteiger partial charge in [0.05, 0.1) is 11.3 Å². The average Bonchev–Trinajstić information content (AvgIpc) is 2.81. The Morgan fingerprint density at radius 1 is 1.50 bits per heavy atom. The lowest BCUT2D eigenvalue weighted by Gasteiger charge is -2.37. The lowest BCUT2D eigenvalue weighted by Crippen LogP contribution is -2.50. The highest BCUT2D eigenvalue weighted by Crippen LogP contribution is 2.51. The van der Waals surface area contributed by atoms with E-state index < -0.39 is 35.6 Å². The fourth-order valence-electron chi connectivity index (χ4n) is 3.64. The molecule has 1 unspecified atom stereocenters. The molecule has 2 amide bonds. The van der Waals surface area contributed by atoms with E-state index in [-0.39, 0.29) is 17.2 Å². The molecule has 0 spiro atoms. The Morgan fingerprint density at radius 3 is 2.83 bits per heavy atom. The average molecular weight is 356 g/mol. The van der Waals surface area contributed by atoms with Gasteiger partial charge in [-0.05, 0) is 36.5 Å². The minimum Gasteiger partial charge on any atom is -0.368 e. The fourth-order valence-corrected chi connectivity index (χ4v) is 4.87. The minimum absolute atomic E-state index is 0.122. The summed E-state index contributed by atoms with van der Waals surface area (Å²) in [6.07, 6.45) is 1.52. The maximum absolute atomic E-state index is 14.7. The number of nitrogens with zero attached hydrogens (tertiary/aromatic N) is 1. The number of rotatable bonds is 4. The Balaban J connectivity index is 2.20. The second kappa shape index (κ2) is 6.33. The lowest BCUT2D eigenvalue weighted by atomic mass is 9.80. The molecule has 0 saturated carbocycles. The van der Waals surface area contributed by atoms with Crippen LogP contribution in [0.3, 0.4) is 0 Å². The zero-order valence-electron chi connectivity index (χ0n) is 13.2. The fraction of sp³-hybridized carbons (Fsp3) is 0.500. The summed E-state index contributed by atoms with van der Waals surface area (Å²) >= 11 is 1.65. The molecule has 1 aromatic carbocycles. The molecule has 2 aliphatic rings. The number of thioether (sulfide) groups is 1. The van der Waals surface area contributed by atoms with Crippen LogP contribution in [0.5, 0.6) is 0 Å². The van der Waals surface area contributed by atoms with Crippen molar-refractivity contribution in [2.45, 2.75) is 18.4 Å². The van der Waals surface area contributed by atoms with Gasteiger partial charge in [0.25, 0.3) is 5.91 Å². The van der Waals surface area contributed by atoms with Crippen LogP contribution in [0.4, 0.5) is 14.5 Å². The van der Waals surface area contributed by atoms with Gasteiger partial charge < -0.3 is 10.5 Å². The molecule has 2 aliphatic heterocycles. The second-order valence-electron chi connectivity index (χ2n) is 5.97. The molecule has 24 heavy (non-hydrogen) atoms. The highest BCUT2D eigenvalue weighted by Gasteiger charge is 2.58. The summed E-state index contributed by atoms with van der Waals surface area (Å²) in [6.45, 7) is -0.401. The first kappa shape index (κ1) is 17.2. The Hall–Kier alpha value is -1.67. The van der Waals surface area contributed by atoms with Gasteiger partial charge in [0.15, 0.2) is 17.2 Å². The third-order valence-corrected chi connectivity index (χ3v) is 5.88. The van der Waals surface area contributed by atoms with Crippen LogP contribution in [0.1, 0.15) is 18.4 Å². The third-order valence-electron chi connectivity index (χ3n) is 4.67. The molecule has 0 aromatic heterocycles. The van der Waals surface area contributed by atoms with Gasteiger partial charge in [-0.15, -0.1) is 0 Å². The zero-order chi connectivity index (χ0) is 17.5. The monoisotopic (exact) mass is 356 g/mol. The Kier molecular flexibility index (Phi) is 4.52. The molecule has 1 saturated heterocycles. The molecular weight excluding hydrogens is 338 g/mol. The van der Waals surface area contributed by atoms with E-state index in [9.17, 15) is 18.4 Å². The van der Waals surface area contributed by atoms with E-state index >= 15 is 0 Å². The minimum atomic E-state index is -1.62. The molecule has 0 radical (unpaired) electrons. The topological polar surface area (TPSA) is 72.6 Å². The summed E-state index contributed by atoms with van der Waals surface area (Å²) in [6, 6.07) is 2.24. The number of fused-ring (bicyclic) bond motifs is 1. The molecular formula is C16H18F2N2O3S. The van der Waals surface area contributed by atoms with E-state index in [4.69, 9.17) is 10.5 Å². The predicted octanol–water partition coefficient (Wildman–Crippen LogP) is 1.78. The summed E-state index contributed by atoms with van der Waals surface area (Å²) in [5, 5.41) is 0. The largest absolute Gasteiger partial charge is 0.368 e. The number of hydrogen-bond acceptors (Lipinski definition) is 4. The van der Waals surface area contributed by atoms with Crippen LogP contribution in [0.15, 0.2) is 12.1 Å². The molecule has 1 aromatic rings. The van der Waals surface area contributed by atoms with E-state index in [0.717, 1.165) is 23.1 Å².